The quantitative estimate of drug-likeness (QED) is 0.814. The lowest BCUT2D eigenvalue weighted by atomic mass is 9.94. The van der Waals surface area contributed by atoms with Crippen molar-refractivity contribution in [3.63, 3.8) is 0 Å². The van der Waals surface area contributed by atoms with Gasteiger partial charge < -0.3 is 9.80 Å². The first-order valence-electron chi connectivity index (χ1n) is 9.20. The molecule has 2 fully saturated rings. The maximum Gasteiger partial charge on any atom is 0.227 e. The van der Waals surface area contributed by atoms with Crippen LogP contribution < -0.4 is 4.90 Å². The summed E-state index contributed by atoms with van der Waals surface area (Å²) in [5.74, 6) is 0.791. The molecule has 2 aliphatic heterocycles. The Labute approximate surface area is 151 Å². The number of amides is 1. The number of para-hydroxylation sites is 1. The molecule has 1 amide bonds. The molecule has 25 heavy (non-hydrogen) atoms. The van der Waals surface area contributed by atoms with Crippen LogP contribution in [0.1, 0.15) is 32.6 Å². The average molecular weight is 361 g/mol. The molecular weight excluding hydrogens is 337 g/mol. The number of rotatable bonds is 2. The lowest BCUT2D eigenvalue weighted by Gasteiger charge is -2.37. The van der Waals surface area contributed by atoms with Gasteiger partial charge >= 0.3 is 0 Å². The van der Waals surface area contributed by atoms with Crippen molar-refractivity contribution in [2.75, 3.05) is 31.1 Å². The zero-order chi connectivity index (χ0) is 17.4. The Kier molecular flexibility index (Phi) is 4.63. The molecule has 2 saturated heterocycles. The molecule has 4 nitrogen and oxygen atoms in total. The molecule has 1 aromatic heterocycles. The number of fused-ring (bicyclic) bond motifs is 1. The average Bonchev–Trinajstić information content (AvgIpc) is 3.08. The standard InChI is InChI=1S/C19H24FN3OS/c1-13-7-10-22(11-8-13)18(24)14-4-3-9-23(12-14)19-21-17-15(20)5-2-6-16(17)25-19/h2,5-6,13-14H,3-4,7-12H2,1H3. The second kappa shape index (κ2) is 6.90. The summed E-state index contributed by atoms with van der Waals surface area (Å²) in [6.07, 6.45) is 4.15. The molecule has 1 unspecified atom stereocenters. The highest BCUT2D eigenvalue weighted by atomic mass is 32.1. The number of aromatic nitrogens is 1. The molecule has 2 aliphatic rings. The second-order valence-corrected chi connectivity index (χ2v) is 8.39. The van der Waals surface area contributed by atoms with E-state index in [-0.39, 0.29) is 11.7 Å². The molecule has 6 heteroatoms. The van der Waals surface area contributed by atoms with E-state index in [9.17, 15) is 9.18 Å². The van der Waals surface area contributed by atoms with E-state index in [1.165, 1.54) is 17.4 Å². The third kappa shape index (κ3) is 3.36. The van der Waals surface area contributed by atoms with E-state index >= 15 is 0 Å². The monoisotopic (exact) mass is 361 g/mol. The summed E-state index contributed by atoms with van der Waals surface area (Å²) in [5, 5.41) is 0.838. The topological polar surface area (TPSA) is 36.4 Å². The predicted molar refractivity (Wildman–Crippen MR) is 99.5 cm³/mol. The summed E-state index contributed by atoms with van der Waals surface area (Å²) in [7, 11) is 0. The van der Waals surface area contributed by atoms with Crippen LogP contribution in [0.2, 0.25) is 0 Å². The van der Waals surface area contributed by atoms with Crippen molar-refractivity contribution < 1.29 is 9.18 Å². The number of nitrogens with zero attached hydrogens (tertiary/aromatic N) is 3. The number of benzene rings is 1. The van der Waals surface area contributed by atoms with Gasteiger partial charge in [0.2, 0.25) is 5.91 Å². The largest absolute Gasteiger partial charge is 0.347 e. The van der Waals surface area contributed by atoms with Crippen LogP contribution in [-0.2, 0) is 4.79 Å². The Balaban J connectivity index is 1.48. The number of piperidine rings is 2. The lowest BCUT2D eigenvalue weighted by Crippen LogP contribution is -2.47. The third-order valence-electron chi connectivity index (χ3n) is 5.49. The van der Waals surface area contributed by atoms with Crippen LogP contribution in [0, 0.1) is 17.7 Å². The summed E-state index contributed by atoms with van der Waals surface area (Å²) in [5.41, 5.74) is 0.445. The van der Waals surface area contributed by atoms with E-state index in [4.69, 9.17) is 0 Å². The molecular formula is C19H24FN3OS. The molecule has 0 aliphatic carbocycles. The van der Waals surface area contributed by atoms with Crippen LogP contribution >= 0.6 is 11.3 Å². The van der Waals surface area contributed by atoms with Crippen LogP contribution in [0.15, 0.2) is 18.2 Å². The molecule has 0 saturated carbocycles. The van der Waals surface area contributed by atoms with Gasteiger partial charge in [-0.25, -0.2) is 9.37 Å². The van der Waals surface area contributed by atoms with Gasteiger partial charge in [-0.3, -0.25) is 4.79 Å². The predicted octanol–water partition coefficient (Wildman–Crippen LogP) is 3.91. The van der Waals surface area contributed by atoms with E-state index in [1.54, 1.807) is 6.07 Å². The van der Waals surface area contributed by atoms with E-state index in [0.717, 1.165) is 61.1 Å². The maximum absolute atomic E-state index is 13.9. The van der Waals surface area contributed by atoms with Gasteiger partial charge in [-0.15, -0.1) is 0 Å². The molecule has 0 spiro atoms. The fourth-order valence-electron chi connectivity index (χ4n) is 3.88. The van der Waals surface area contributed by atoms with Crippen molar-refractivity contribution in [2.45, 2.75) is 32.6 Å². The highest BCUT2D eigenvalue weighted by Gasteiger charge is 2.31. The zero-order valence-corrected chi connectivity index (χ0v) is 15.4. The fraction of sp³-hybridized carbons (Fsp3) is 0.579. The SMILES string of the molecule is CC1CCN(C(=O)C2CCCN(c3nc4c(F)cccc4s3)C2)CC1. The number of anilines is 1. The van der Waals surface area contributed by atoms with Crippen LogP contribution in [0.3, 0.4) is 0 Å². The molecule has 0 bridgehead atoms. The number of carbonyl (C=O) groups excluding carboxylic acids is 1. The molecule has 2 aromatic rings. The Bertz CT molecular complexity index is 769. The van der Waals surface area contributed by atoms with Gasteiger partial charge in [0, 0.05) is 26.2 Å². The van der Waals surface area contributed by atoms with Crippen LogP contribution in [-0.4, -0.2) is 42.0 Å². The van der Waals surface area contributed by atoms with Crippen molar-refractivity contribution >= 4 is 32.6 Å². The summed E-state index contributed by atoms with van der Waals surface area (Å²) in [4.78, 5) is 21.6. The first-order chi connectivity index (χ1) is 12.1. The first-order valence-corrected chi connectivity index (χ1v) is 10.0. The number of hydrogen-bond donors (Lipinski definition) is 0. The second-order valence-electron chi connectivity index (χ2n) is 7.38. The third-order valence-corrected chi connectivity index (χ3v) is 6.58. The lowest BCUT2D eigenvalue weighted by molar-refractivity contribution is -0.137. The van der Waals surface area contributed by atoms with Gasteiger partial charge in [-0.2, -0.15) is 0 Å². The van der Waals surface area contributed by atoms with Crippen LogP contribution in [0.5, 0.6) is 0 Å². The van der Waals surface area contributed by atoms with Crippen molar-refractivity contribution in [1.82, 2.24) is 9.88 Å². The van der Waals surface area contributed by atoms with Crippen LogP contribution in [0.4, 0.5) is 9.52 Å². The summed E-state index contributed by atoms with van der Waals surface area (Å²) < 4.78 is 14.8. The smallest absolute Gasteiger partial charge is 0.227 e. The highest BCUT2D eigenvalue weighted by molar-refractivity contribution is 7.22. The Hall–Kier alpha value is -1.69. The summed E-state index contributed by atoms with van der Waals surface area (Å²) in [6, 6.07) is 5.08. The van der Waals surface area contributed by atoms with Gasteiger partial charge in [0.15, 0.2) is 5.13 Å². The van der Waals surface area contributed by atoms with E-state index in [2.05, 4.69) is 16.8 Å². The minimum Gasteiger partial charge on any atom is -0.347 e. The molecule has 1 aromatic carbocycles. The van der Waals surface area contributed by atoms with Gasteiger partial charge in [0.25, 0.3) is 0 Å². The Morgan fingerprint density at radius 3 is 2.80 bits per heavy atom. The number of hydrogen-bond acceptors (Lipinski definition) is 4. The molecule has 1 atom stereocenters. The Morgan fingerprint density at radius 1 is 1.24 bits per heavy atom. The normalized spacial score (nSPS) is 22.6. The van der Waals surface area contributed by atoms with E-state index < -0.39 is 0 Å². The van der Waals surface area contributed by atoms with Gasteiger partial charge in [-0.05, 0) is 43.7 Å². The first kappa shape index (κ1) is 16.8. The molecule has 134 valence electrons. The molecule has 0 N–H and O–H groups in total. The maximum atomic E-state index is 13.9. The van der Waals surface area contributed by atoms with Crippen molar-refractivity contribution in [3.8, 4) is 0 Å². The highest BCUT2D eigenvalue weighted by Crippen LogP contribution is 2.33. The molecule has 0 radical (unpaired) electrons. The zero-order valence-electron chi connectivity index (χ0n) is 14.6. The number of thiazole rings is 1. The summed E-state index contributed by atoms with van der Waals surface area (Å²) >= 11 is 1.52. The van der Waals surface area contributed by atoms with Gasteiger partial charge in [0.05, 0.1) is 10.6 Å². The number of halogens is 1. The number of likely N-dealkylation sites (tertiary alicyclic amines) is 1. The van der Waals surface area contributed by atoms with E-state index in [0.29, 0.717) is 18.0 Å². The van der Waals surface area contributed by atoms with Crippen LogP contribution in [0.25, 0.3) is 10.2 Å². The number of carbonyl (C=O) groups is 1. The van der Waals surface area contributed by atoms with Crippen molar-refractivity contribution in [3.05, 3.63) is 24.0 Å². The van der Waals surface area contributed by atoms with Gasteiger partial charge in [0.1, 0.15) is 11.3 Å². The molecule has 3 heterocycles. The fourth-order valence-corrected chi connectivity index (χ4v) is 4.89. The minimum absolute atomic E-state index is 0.0408. The van der Waals surface area contributed by atoms with Crippen molar-refractivity contribution in [1.29, 1.82) is 0 Å². The van der Waals surface area contributed by atoms with E-state index in [1.807, 2.05) is 11.0 Å². The summed E-state index contributed by atoms with van der Waals surface area (Å²) in [6.45, 7) is 5.64. The van der Waals surface area contributed by atoms with Crippen molar-refractivity contribution in [2.24, 2.45) is 11.8 Å². The Morgan fingerprint density at radius 2 is 2.04 bits per heavy atom. The van der Waals surface area contributed by atoms with Gasteiger partial charge in [-0.1, -0.05) is 24.3 Å². The minimum atomic E-state index is -0.271. The molecule has 4 rings (SSSR count).